The second kappa shape index (κ2) is 9.30. The first-order valence-corrected chi connectivity index (χ1v) is 8.62. The lowest BCUT2D eigenvalue weighted by molar-refractivity contribution is -0.274. The van der Waals surface area contributed by atoms with Crippen LogP contribution in [0.3, 0.4) is 0 Å². The van der Waals surface area contributed by atoms with Gasteiger partial charge in [0.2, 0.25) is 5.91 Å². The molecule has 27 heavy (non-hydrogen) atoms. The molecule has 0 heterocycles. The molecule has 4 nitrogen and oxygen atoms in total. The Balaban J connectivity index is 2.07. The first kappa shape index (κ1) is 21.3. The predicted molar refractivity (Wildman–Crippen MR) is 96.2 cm³/mol. The SMILES string of the molecule is O=C(Cc1ccc(Cc2c(Cl)cc(OC(F)(F)F)cc2Cl)cc1)NCCO. The summed E-state index contributed by atoms with van der Waals surface area (Å²) in [4.78, 5) is 11.6. The highest BCUT2D eigenvalue weighted by Crippen LogP contribution is 2.34. The van der Waals surface area contributed by atoms with Crippen molar-refractivity contribution in [2.45, 2.75) is 19.2 Å². The van der Waals surface area contributed by atoms with Crippen molar-refractivity contribution in [2.75, 3.05) is 13.2 Å². The third-order valence-corrected chi connectivity index (χ3v) is 4.23. The van der Waals surface area contributed by atoms with Gasteiger partial charge in [-0.2, -0.15) is 0 Å². The Bertz CT molecular complexity index is 772. The zero-order valence-electron chi connectivity index (χ0n) is 13.9. The van der Waals surface area contributed by atoms with Gasteiger partial charge in [0.1, 0.15) is 5.75 Å². The molecule has 0 aliphatic heterocycles. The summed E-state index contributed by atoms with van der Waals surface area (Å²) in [6.45, 7) is 0.0704. The minimum absolute atomic E-state index is 0.0641. The first-order chi connectivity index (χ1) is 12.7. The quantitative estimate of drug-likeness (QED) is 0.706. The second-order valence-electron chi connectivity index (χ2n) is 5.66. The molecule has 2 aromatic rings. The maximum atomic E-state index is 12.3. The largest absolute Gasteiger partial charge is 0.573 e. The Labute approximate surface area is 163 Å². The minimum atomic E-state index is -4.83. The molecular weight excluding hydrogens is 406 g/mol. The van der Waals surface area contributed by atoms with E-state index < -0.39 is 12.1 Å². The molecule has 0 atom stereocenters. The van der Waals surface area contributed by atoms with Gasteiger partial charge in [0.05, 0.1) is 13.0 Å². The monoisotopic (exact) mass is 421 g/mol. The summed E-state index contributed by atoms with van der Waals surface area (Å²) in [6, 6.07) is 9.21. The molecule has 2 aromatic carbocycles. The number of alkyl halides is 3. The van der Waals surface area contributed by atoms with Gasteiger partial charge in [-0.1, -0.05) is 47.5 Å². The van der Waals surface area contributed by atoms with Crippen LogP contribution in [0.1, 0.15) is 16.7 Å². The van der Waals surface area contributed by atoms with Gasteiger partial charge in [0.25, 0.3) is 0 Å². The highest BCUT2D eigenvalue weighted by Gasteiger charge is 2.31. The molecule has 0 spiro atoms. The Morgan fingerprint density at radius 1 is 1.07 bits per heavy atom. The van der Waals surface area contributed by atoms with Crippen LogP contribution in [0.4, 0.5) is 13.2 Å². The summed E-state index contributed by atoms with van der Waals surface area (Å²) in [6.07, 6.45) is -4.35. The van der Waals surface area contributed by atoms with Crippen LogP contribution in [0.2, 0.25) is 10.0 Å². The standard InChI is InChI=1S/C18H16Cl2F3NO3/c19-15-9-13(27-18(21,22)23)10-16(20)14(15)7-11-1-3-12(4-2-11)8-17(26)24-5-6-25/h1-4,9-10,25H,5-8H2,(H,24,26). The Kier molecular flexibility index (Phi) is 7.35. The summed E-state index contributed by atoms with van der Waals surface area (Å²) in [5.74, 6) is -0.686. The van der Waals surface area contributed by atoms with Crippen LogP contribution in [0.15, 0.2) is 36.4 Å². The molecule has 0 aliphatic carbocycles. The topological polar surface area (TPSA) is 58.6 Å². The van der Waals surface area contributed by atoms with E-state index >= 15 is 0 Å². The Morgan fingerprint density at radius 2 is 1.63 bits per heavy atom. The van der Waals surface area contributed by atoms with Crippen LogP contribution in [0.25, 0.3) is 0 Å². The Morgan fingerprint density at radius 3 is 2.15 bits per heavy atom. The molecule has 2 rings (SSSR count). The van der Waals surface area contributed by atoms with E-state index in [-0.39, 0.29) is 35.5 Å². The van der Waals surface area contributed by atoms with Crippen molar-refractivity contribution in [1.29, 1.82) is 0 Å². The van der Waals surface area contributed by atoms with Crippen molar-refractivity contribution in [2.24, 2.45) is 0 Å². The van der Waals surface area contributed by atoms with Crippen molar-refractivity contribution in [3.05, 3.63) is 63.1 Å². The van der Waals surface area contributed by atoms with Crippen molar-refractivity contribution in [3.63, 3.8) is 0 Å². The molecule has 1 amide bonds. The van der Waals surface area contributed by atoms with Gasteiger partial charge >= 0.3 is 6.36 Å². The van der Waals surface area contributed by atoms with Crippen molar-refractivity contribution >= 4 is 29.1 Å². The van der Waals surface area contributed by atoms with Gasteiger partial charge < -0.3 is 15.2 Å². The van der Waals surface area contributed by atoms with Gasteiger partial charge in [-0.3, -0.25) is 4.79 Å². The van der Waals surface area contributed by atoms with E-state index in [2.05, 4.69) is 10.1 Å². The summed E-state index contributed by atoms with van der Waals surface area (Å²) in [5, 5.41) is 11.4. The number of halogens is 5. The lowest BCUT2D eigenvalue weighted by Crippen LogP contribution is -2.27. The molecule has 0 saturated carbocycles. The van der Waals surface area contributed by atoms with Crippen LogP contribution in [-0.4, -0.2) is 30.5 Å². The third-order valence-electron chi connectivity index (χ3n) is 3.55. The van der Waals surface area contributed by atoms with Gasteiger partial charge in [-0.25, -0.2) is 0 Å². The number of benzene rings is 2. The number of aliphatic hydroxyl groups excluding tert-OH is 1. The zero-order valence-corrected chi connectivity index (χ0v) is 15.5. The minimum Gasteiger partial charge on any atom is -0.406 e. The molecule has 0 unspecified atom stereocenters. The van der Waals surface area contributed by atoms with Gasteiger partial charge in [0, 0.05) is 23.0 Å². The van der Waals surface area contributed by atoms with E-state index in [1.165, 1.54) is 0 Å². The molecular formula is C18H16Cl2F3NO3. The number of ether oxygens (including phenoxy) is 1. The highest BCUT2D eigenvalue weighted by molar-refractivity contribution is 6.36. The van der Waals surface area contributed by atoms with Gasteiger partial charge in [0.15, 0.2) is 0 Å². The number of rotatable bonds is 7. The molecule has 146 valence electrons. The number of hydrogen-bond acceptors (Lipinski definition) is 3. The molecule has 9 heteroatoms. The number of carbonyl (C=O) groups is 1. The summed E-state index contributed by atoms with van der Waals surface area (Å²) in [7, 11) is 0. The fourth-order valence-electron chi connectivity index (χ4n) is 2.36. The lowest BCUT2D eigenvalue weighted by atomic mass is 10.0. The van der Waals surface area contributed by atoms with Crippen molar-refractivity contribution < 1.29 is 27.8 Å². The molecule has 0 aliphatic rings. The maximum absolute atomic E-state index is 12.3. The van der Waals surface area contributed by atoms with E-state index in [0.717, 1.165) is 23.3 Å². The van der Waals surface area contributed by atoms with E-state index in [9.17, 15) is 18.0 Å². The van der Waals surface area contributed by atoms with E-state index in [1.807, 2.05) is 0 Å². The average molecular weight is 422 g/mol. The average Bonchev–Trinajstić information content (AvgIpc) is 2.56. The summed E-state index contributed by atoms with van der Waals surface area (Å²) in [5.41, 5.74) is 2.07. The number of hydrogen-bond donors (Lipinski definition) is 2. The van der Waals surface area contributed by atoms with Crippen LogP contribution in [0.5, 0.6) is 5.75 Å². The lowest BCUT2D eigenvalue weighted by Gasteiger charge is -2.13. The molecule has 0 radical (unpaired) electrons. The normalized spacial score (nSPS) is 11.3. The predicted octanol–water partition coefficient (Wildman–Crippen LogP) is 4.13. The molecule has 0 aromatic heterocycles. The molecule has 0 fully saturated rings. The van der Waals surface area contributed by atoms with Crippen LogP contribution >= 0.6 is 23.2 Å². The fourth-order valence-corrected chi connectivity index (χ4v) is 2.96. The van der Waals surface area contributed by atoms with E-state index in [1.54, 1.807) is 24.3 Å². The van der Waals surface area contributed by atoms with Crippen LogP contribution < -0.4 is 10.1 Å². The number of nitrogens with one attached hydrogen (secondary N) is 1. The molecule has 0 bridgehead atoms. The van der Waals surface area contributed by atoms with Gasteiger partial charge in [-0.05, 0) is 28.8 Å². The number of carbonyl (C=O) groups excluding carboxylic acids is 1. The second-order valence-corrected chi connectivity index (χ2v) is 6.47. The smallest absolute Gasteiger partial charge is 0.406 e. The highest BCUT2D eigenvalue weighted by atomic mass is 35.5. The van der Waals surface area contributed by atoms with E-state index in [4.69, 9.17) is 28.3 Å². The fraction of sp³-hybridized carbons (Fsp3) is 0.278. The van der Waals surface area contributed by atoms with E-state index in [0.29, 0.717) is 12.0 Å². The van der Waals surface area contributed by atoms with Crippen LogP contribution in [-0.2, 0) is 17.6 Å². The third kappa shape index (κ3) is 6.93. The maximum Gasteiger partial charge on any atom is 0.573 e. The molecule has 0 saturated heterocycles. The van der Waals surface area contributed by atoms with Crippen molar-refractivity contribution in [1.82, 2.24) is 5.32 Å². The zero-order chi connectivity index (χ0) is 20.0. The first-order valence-electron chi connectivity index (χ1n) is 7.87. The van der Waals surface area contributed by atoms with Gasteiger partial charge in [-0.15, -0.1) is 13.2 Å². The van der Waals surface area contributed by atoms with Crippen LogP contribution in [0, 0.1) is 0 Å². The van der Waals surface area contributed by atoms with Crippen molar-refractivity contribution in [3.8, 4) is 5.75 Å². The molecule has 2 N–H and O–H groups in total. The number of amides is 1. The summed E-state index contributed by atoms with van der Waals surface area (Å²) >= 11 is 12.1. The summed E-state index contributed by atoms with van der Waals surface area (Å²) < 4.78 is 40.7. The number of aliphatic hydroxyl groups is 1. The Hall–Kier alpha value is -1.96.